The van der Waals surface area contributed by atoms with Gasteiger partial charge in [0.25, 0.3) is 0 Å². The second kappa shape index (κ2) is 4.31. The molecule has 0 spiro atoms. The maximum absolute atomic E-state index is 9.14. The molecule has 1 rings (SSSR count). The van der Waals surface area contributed by atoms with Crippen LogP contribution in [0.5, 0.6) is 0 Å². The number of hydrogen-bond acceptors (Lipinski definition) is 1. The highest BCUT2D eigenvalue weighted by Gasteiger charge is 2.32. The molecule has 0 aromatic heterocycles. The molecule has 0 aromatic carbocycles. The van der Waals surface area contributed by atoms with Crippen molar-refractivity contribution in [1.29, 1.82) is 0 Å². The monoisotopic (exact) mass is 194 g/mol. The van der Waals surface area contributed by atoms with Crippen molar-refractivity contribution < 1.29 is 5.11 Å². The summed E-state index contributed by atoms with van der Waals surface area (Å²) in [5.74, 6) is 0.612. The maximum Gasteiger partial charge on any atom is 0.0546 e. The highest BCUT2D eigenvalue weighted by atomic mass is 16.3. The zero-order valence-corrected chi connectivity index (χ0v) is 9.75. The molecule has 0 aromatic rings. The fraction of sp³-hybridized carbons (Fsp3) is 0.692. The van der Waals surface area contributed by atoms with Gasteiger partial charge in [-0.2, -0.15) is 0 Å². The third kappa shape index (κ3) is 2.48. The van der Waals surface area contributed by atoms with Crippen LogP contribution in [0.15, 0.2) is 23.8 Å². The Morgan fingerprint density at radius 1 is 1.64 bits per heavy atom. The van der Waals surface area contributed by atoms with Crippen molar-refractivity contribution in [3.8, 4) is 0 Å². The maximum atomic E-state index is 9.14. The van der Waals surface area contributed by atoms with E-state index in [1.807, 2.05) is 6.92 Å². The summed E-state index contributed by atoms with van der Waals surface area (Å²) in [6.45, 7) is 8.63. The number of allylic oxidation sites excluding steroid dienone is 3. The number of hydrogen-bond donors (Lipinski definition) is 1. The first-order valence-electron chi connectivity index (χ1n) is 5.46. The molecule has 0 aliphatic heterocycles. The van der Waals surface area contributed by atoms with Crippen molar-refractivity contribution in [3.05, 3.63) is 23.8 Å². The van der Waals surface area contributed by atoms with Gasteiger partial charge in [0.1, 0.15) is 0 Å². The third-order valence-corrected chi connectivity index (χ3v) is 3.47. The molecule has 2 atom stereocenters. The SMILES string of the molecule is CC1=CC[C@H](/C=C/CC(C)O)C1(C)C. The van der Waals surface area contributed by atoms with Crippen LogP contribution >= 0.6 is 0 Å². The number of rotatable bonds is 3. The van der Waals surface area contributed by atoms with Crippen LogP contribution in [0.3, 0.4) is 0 Å². The second-order valence-electron chi connectivity index (χ2n) is 4.96. The Morgan fingerprint density at radius 2 is 2.29 bits per heavy atom. The van der Waals surface area contributed by atoms with Gasteiger partial charge in [-0.1, -0.05) is 37.6 Å². The highest BCUT2D eigenvalue weighted by Crippen LogP contribution is 2.43. The lowest BCUT2D eigenvalue weighted by Crippen LogP contribution is -2.18. The Morgan fingerprint density at radius 3 is 2.71 bits per heavy atom. The molecule has 1 unspecified atom stereocenters. The van der Waals surface area contributed by atoms with E-state index in [0.29, 0.717) is 11.3 Å². The third-order valence-electron chi connectivity index (χ3n) is 3.47. The van der Waals surface area contributed by atoms with E-state index in [9.17, 15) is 0 Å². The van der Waals surface area contributed by atoms with Gasteiger partial charge in [0.2, 0.25) is 0 Å². The first-order valence-corrected chi connectivity index (χ1v) is 5.46. The average molecular weight is 194 g/mol. The Kier molecular flexibility index (Phi) is 3.54. The Hall–Kier alpha value is -0.560. The first kappa shape index (κ1) is 11.5. The van der Waals surface area contributed by atoms with E-state index in [4.69, 9.17) is 5.11 Å². The van der Waals surface area contributed by atoms with E-state index < -0.39 is 0 Å². The molecule has 0 bridgehead atoms. The topological polar surface area (TPSA) is 20.2 Å². The van der Waals surface area contributed by atoms with E-state index in [1.54, 1.807) is 0 Å². The second-order valence-corrected chi connectivity index (χ2v) is 4.96. The minimum atomic E-state index is -0.218. The summed E-state index contributed by atoms with van der Waals surface area (Å²) in [5, 5.41) is 9.14. The van der Waals surface area contributed by atoms with Crippen LogP contribution in [0.4, 0.5) is 0 Å². The largest absolute Gasteiger partial charge is 0.393 e. The molecule has 0 heterocycles. The molecule has 0 radical (unpaired) electrons. The van der Waals surface area contributed by atoms with Crippen molar-refractivity contribution in [2.75, 3.05) is 0 Å². The van der Waals surface area contributed by atoms with Crippen LogP contribution in [0.25, 0.3) is 0 Å². The first-order chi connectivity index (χ1) is 6.44. The lowest BCUT2D eigenvalue weighted by molar-refractivity contribution is 0.198. The summed E-state index contributed by atoms with van der Waals surface area (Å²) in [7, 11) is 0. The quantitative estimate of drug-likeness (QED) is 0.683. The molecular weight excluding hydrogens is 172 g/mol. The molecule has 1 aliphatic rings. The molecule has 0 saturated heterocycles. The summed E-state index contributed by atoms with van der Waals surface area (Å²) in [5.41, 5.74) is 1.79. The molecule has 1 nitrogen and oxygen atoms in total. The molecular formula is C13H22O. The highest BCUT2D eigenvalue weighted by molar-refractivity contribution is 5.21. The minimum absolute atomic E-state index is 0.218. The van der Waals surface area contributed by atoms with Crippen molar-refractivity contribution >= 4 is 0 Å². The molecule has 1 aliphatic carbocycles. The van der Waals surface area contributed by atoms with Gasteiger partial charge in [0, 0.05) is 0 Å². The molecule has 0 amide bonds. The van der Waals surface area contributed by atoms with E-state index in [0.717, 1.165) is 12.8 Å². The predicted octanol–water partition coefficient (Wildman–Crippen LogP) is 3.31. The molecule has 0 fully saturated rings. The van der Waals surface area contributed by atoms with E-state index in [2.05, 4.69) is 39.0 Å². The fourth-order valence-electron chi connectivity index (χ4n) is 1.91. The van der Waals surface area contributed by atoms with Crippen LogP contribution in [0.1, 0.15) is 40.5 Å². The summed E-state index contributed by atoms with van der Waals surface area (Å²) in [6, 6.07) is 0. The van der Waals surface area contributed by atoms with Crippen molar-refractivity contribution in [2.45, 2.75) is 46.6 Å². The zero-order valence-electron chi connectivity index (χ0n) is 9.75. The van der Waals surface area contributed by atoms with E-state index in [1.165, 1.54) is 5.57 Å². The van der Waals surface area contributed by atoms with Crippen LogP contribution in [-0.2, 0) is 0 Å². The summed E-state index contributed by atoms with van der Waals surface area (Å²) in [4.78, 5) is 0. The Balaban J connectivity index is 2.53. The predicted molar refractivity (Wildman–Crippen MR) is 61.1 cm³/mol. The molecule has 80 valence electrons. The fourth-order valence-corrected chi connectivity index (χ4v) is 1.91. The minimum Gasteiger partial charge on any atom is -0.393 e. The normalized spacial score (nSPS) is 28.1. The van der Waals surface area contributed by atoms with Gasteiger partial charge in [0.05, 0.1) is 6.10 Å². The number of aliphatic hydroxyl groups excluding tert-OH is 1. The molecule has 1 N–H and O–H groups in total. The molecule has 14 heavy (non-hydrogen) atoms. The van der Waals surface area contributed by atoms with Gasteiger partial charge in [-0.15, -0.1) is 0 Å². The van der Waals surface area contributed by atoms with Crippen LogP contribution in [0, 0.1) is 11.3 Å². The van der Waals surface area contributed by atoms with Gasteiger partial charge in [-0.05, 0) is 38.0 Å². The smallest absolute Gasteiger partial charge is 0.0546 e. The molecule has 0 saturated carbocycles. The average Bonchev–Trinajstić information content (AvgIpc) is 2.30. The Bertz CT molecular complexity index is 246. The summed E-state index contributed by atoms with van der Waals surface area (Å²) >= 11 is 0. The Labute approximate surface area is 87.5 Å². The summed E-state index contributed by atoms with van der Waals surface area (Å²) < 4.78 is 0. The van der Waals surface area contributed by atoms with Crippen LogP contribution in [0.2, 0.25) is 0 Å². The number of aliphatic hydroxyl groups is 1. The van der Waals surface area contributed by atoms with Gasteiger partial charge >= 0.3 is 0 Å². The van der Waals surface area contributed by atoms with Crippen molar-refractivity contribution in [2.24, 2.45) is 11.3 Å². The lowest BCUT2D eigenvalue weighted by atomic mass is 9.77. The van der Waals surface area contributed by atoms with E-state index in [-0.39, 0.29) is 6.10 Å². The van der Waals surface area contributed by atoms with Gasteiger partial charge in [-0.25, -0.2) is 0 Å². The lowest BCUT2D eigenvalue weighted by Gasteiger charge is -2.27. The van der Waals surface area contributed by atoms with Crippen LogP contribution in [-0.4, -0.2) is 11.2 Å². The van der Waals surface area contributed by atoms with Gasteiger partial charge in [-0.3, -0.25) is 0 Å². The van der Waals surface area contributed by atoms with Gasteiger partial charge < -0.3 is 5.11 Å². The summed E-state index contributed by atoms with van der Waals surface area (Å²) in [6.07, 6.45) is 8.41. The standard InChI is InChI=1S/C13H22O/c1-10-8-9-12(13(10,3)4)7-5-6-11(2)14/h5,7-8,11-12,14H,6,9H2,1-4H3/b7-5+/t11?,12-/m0/s1. The van der Waals surface area contributed by atoms with Gasteiger partial charge in [0.15, 0.2) is 0 Å². The van der Waals surface area contributed by atoms with Crippen molar-refractivity contribution in [3.63, 3.8) is 0 Å². The zero-order chi connectivity index (χ0) is 10.8. The van der Waals surface area contributed by atoms with E-state index >= 15 is 0 Å². The molecule has 1 heteroatoms. The van der Waals surface area contributed by atoms with Crippen LogP contribution < -0.4 is 0 Å². The van der Waals surface area contributed by atoms with Crippen molar-refractivity contribution in [1.82, 2.24) is 0 Å².